The Bertz CT molecular complexity index is 569. The molecule has 0 aliphatic rings. The summed E-state index contributed by atoms with van der Waals surface area (Å²) in [6.07, 6.45) is 0.968. The van der Waals surface area contributed by atoms with Crippen molar-refractivity contribution in [3.63, 3.8) is 0 Å². The van der Waals surface area contributed by atoms with Crippen LogP contribution in [0.25, 0.3) is 0 Å². The minimum atomic E-state index is 0.577. The molecule has 0 saturated heterocycles. The molecule has 5 heteroatoms. The third kappa shape index (κ3) is 3.12. The minimum Gasteiger partial charge on any atom is -0.332 e. The number of anilines is 2. The maximum absolute atomic E-state index is 5.35. The first-order chi connectivity index (χ1) is 9.11. The summed E-state index contributed by atoms with van der Waals surface area (Å²) in [6.45, 7) is 6.03. The van der Waals surface area contributed by atoms with Crippen molar-refractivity contribution in [2.75, 3.05) is 10.6 Å². The molecule has 0 aliphatic heterocycles. The number of hydrogen-bond donors (Lipinski definition) is 3. The van der Waals surface area contributed by atoms with Crippen LogP contribution in [0.3, 0.4) is 0 Å². The van der Waals surface area contributed by atoms with Crippen LogP contribution in [0, 0.1) is 13.8 Å². The summed E-state index contributed by atoms with van der Waals surface area (Å²) in [5.74, 6) is 0. The minimum absolute atomic E-state index is 0.577. The van der Waals surface area contributed by atoms with Crippen LogP contribution in [0.5, 0.6) is 0 Å². The zero-order valence-electron chi connectivity index (χ0n) is 11.4. The van der Waals surface area contributed by atoms with Crippen LogP contribution in [-0.4, -0.2) is 15.3 Å². The second-order valence-electron chi connectivity index (χ2n) is 4.40. The summed E-state index contributed by atoms with van der Waals surface area (Å²) in [4.78, 5) is 0. The first-order valence-corrected chi connectivity index (χ1v) is 6.70. The van der Waals surface area contributed by atoms with Crippen LogP contribution in [0.2, 0.25) is 0 Å². The standard InChI is InChI=1S/C14H18N4S/c1-4-11-7-5-6-8-12(11)15-14(19)16-13-9(2)17-18-10(13)3/h5-8H,4H2,1-3H3,(H,17,18)(H2,15,16,19). The molecule has 0 aliphatic carbocycles. The zero-order chi connectivity index (χ0) is 13.8. The Kier molecular flexibility index (Phi) is 4.16. The Hall–Kier alpha value is -1.88. The van der Waals surface area contributed by atoms with Crippen LogP contribution in [0.1, 0.15) is 23.9 Å². The highest BCUT2D eigenvalue weighted by atomic mass is 32.1. The van der Waals surface area contributed by atoms with Crippen LogP contribution >= 0.6 is 12.2 Å². The lowest BCUT2D eigenvalue weighted by molar-refractivity contribution is 1.02. The number of aryl methyl sites for hydroxylation is 3. The van der Waals surface area contributed by atoms with Gasteiger partial charge in [-0.2, -0.15) is 5.10 Å². The predicted molar refractivity (Wildman–Crippen MR) is 83.7 cm³/mol. The molecule has 1 aromatic heterocycles. The fourth-order valence-electron chi connectivity index (χ4n) is 1.95. The number of para-hydroxylation sites is 1. The third-order valence-corrected chi connectivity index (χ3v) is 3.22. The highest BCUT2D eigenvalue weighted by Crippen LogP contribution is 2.18. The van der Waals surface area contributed by atoms with Gasteiger partial charge in [-0.1, -0.05) is 25.1 Å². The smallest absolute Gasteiger partial charge is 0.175 e. The van der Waals surface area contributed by atoms with E-state index in [2.05, 4.69) is 33.8 Å². The van der Waals surface area contributed by atoms with E-state index in [1.807, 2.05) is 32.0 Å². The van der Waals surface area contributed by atoms with E-state index in [4.69, 9.17) is 12.2 Å². The molecule has 100 valence electrons. The van der Waals surface area contributed by atoms with Crippen molar-refractivity contribution in [2.24, 2.45) is 0 Å². The summed E-state index contributed by atoms with van der Waals surface area (Å²) < 4.78 is 0. The molecular weight excluding hydrogens is 256 g/mol. The summed E-state index contributed by atoms with van der Waals surface area (Å²) >= 11 is 5.35. The molecule has 4 nitrogen and oxygen atoms in total. The molecule has 3 N–H and O–H groups in total. The van der Waals surface area contributed by atoms with Crippen molar-refractivity contribution in [1.29, 1.82) is 0 Å². The van der Waals surface area contributed by atoms with E-state index in [-0.39, 0.29) is 0 Å². The van der Waals surface area contributed by atoms with Crippen molar-refractivity contribution < 1.29 is 0 Å². The number of nitrogens with one attached hydrogen (secondary N) is 3. The van der Waals surface area contributed by atoms with Crippen molar-refractivity contribution in [3.05, 3.63) is 41.2 Å². The average molecular weight is 274 g/mol. The van der Waals surface area contributed by atoms with Gasteiger partial charge in [-0.25, -0.2) is 0 Å². The SMILES string of the molecule is CCc1ccccc1NC(=S)Nc1c(C)n[nH]c1C. The van der Waals surface area contributed by atoms with Crippen molar-refractivity contribution >= 4 is 28.7 Å². The van der Waals surface area contributed by atoms with Crippen LogP contribution in [-0.2, 0) is 6.42 Å². The molecule has 0 radical (unpaired) electrons. The number of rotatable bonds is 3. The van der Waals surface area contributed by atoms with E-state index in [1.165, 1.54) is 5.56 Å². The molecule has 0 bridgehead atoms. The number of thiocarbonyl (C=S) groups is 1. The van der Waals surface area contributed by atoms with E-state index in [1.54, 1.807) is 0 Å². The van der Waals surface area contributed by atoms with Gasteiger partial charge in [0.05, 0.1) is 17.1 Å². The van der Waals surface area contributed by atoms with Crippen LogP contribution in [0.15, 0.2) is 24.3 Å². The molecular formula is C14H18N4S. The van der Waals surface area contributed by atoms with Gasteiger partial charge in [0.1, 0.15) is 0 Å². The van der Waals surface area contributed by atoms with Gasteiger partial charge in [-0.15, -0.1) is 0 Å². The summed E-state index contributed by atoms with van der Waals surface area (Å²) in [7, 11) is 0. The van der Waals surface area contributed by atoms with Crippen LogP contribution < -0.4 is 10.6 Å². The summed E-state index contributed by atoms with van der Waals surface area (Å²) in [5.41, 5.74) is 5.11. The van der Waals surface area contributed by atoms with Gasteiger partial charge in [0.25, 0.3) is 0 Å². The van der Waals surface area contributed by atoms with Crippen molar-refractivity contribution in [2.45, 2.75) is 27.2 Å². The van der Waals surface area contributed by atoms with E-state index in [9.17, 15) is 0 Å². The normalized spacial score (nSPS) is 10.3. The van der Waals surface area contributed by atoms with Gasteiger partial charge < -0.3 is 10.6 Å². The topological polar surface area (TPSA) is 52.7 Å². The van der Waals surface area contributed by atoms with E-state index in [0.717, 1.165) is 29.2 Å². The van der Waals surface area contributed by atoms with E-state index in [0.29, 0.717) is 5.11 Å². The number of hydrogen-bond acceptors (Lipinski definition) is 2. The quantitative estimate of drug-likeness (QED) is 0.751. The highest BCUT2D eigenvalue weighted by Gasteiger charge is 2.08. The monoisotopic (exact) mass is 274 g/mol. The van der Waals surface area contributed by atoms with Gasteiger partial charge in [0, 0.05) is 5.69 Å². The molecule has 0 saturated carbocycles. The predicted octanol–water partition coefficient (Wildman–Crippen LogP) is 3.40. The first-order valence-electron chi connectivity index (χ1n) is 6.29. The maximum atomic E-state index is 5.35. The lowest BCUT2D eigenvalue weighted by Crippen LogP contribution is -2.20. The number of nitrogens with zero attached hydrogens (tertiary/aromatic N) is 1. The summed E-state index contributed by atoms with van der Waals surface area (Å²) in [5, 5.41) is 14.1. The van der Waals surface area contributed by atoms with Crippen molar-refractivity contribution in [1.82, 2.24) is 10.2 Å². The van der Waals surface area contributed by atoms with Crippen LogP contribution in [0.4, 0.5) is 11.4 Å². The Balaban J connectivity index is 2.10. The number of aromatic nitrogens is 2. The van der Waals surface area contributed by atoms with Gasteiger partial charge in [-0.05, 0) is 44.1 Å². The molecule has 2 aromatic rings. The molecule has 2 rings (SSSR count). The maximum Gasteiger partial charge on any atom is 0.175 e. The second-order valence-corrected chi connectivity index (χ2v) is 4.81. The molecule has 1 heterocycles. The second kappa shape index (κ2) is 5.84. The third-order valence-electron chi connectivity index (χ3n) is 3.01. The molecule has 19 heavy (non-hydrogen) atoms. The Morgan fingerprint density at radius 1 is 1.26 bits per heavy atom. The molecule has 0 fully saturated rings. The molecule has 0 spiro atoms. The summed E-state index contributed by atoms with van der Waals surface area (Å²) in [6, 6.07) is 8.16. The zero-order valence-corrected chi connectivity index (χ0v) is 12.2. The number of benzene rings is 1. The van der Waals surface area contributed by atoms with E-state index < -0.39 is 0 Å². The van der Waals surface area contributed by atoms with Gasteiger partial charge >= 0.3 is 0 Å². The van der Waals surface area contributed by atoms with Crippen molar-refractivity contribution in [3.8, 4) is 0 Å². The highest BCUT2D eigenvalue weighted by molar-refractivity contribution is 7.80. The van der Waals surface area contributed by atoms with Gasteiger partial charge in [0.15, 0.2) is 5.11 Å². The molecule has 0 amide bonds. The lowest BCUT2D eigenvalue weighted by Gasteiger charge is -2.13. The lowest BCUT2D eigenvalue weighted by atomic mass is 10.1. The van der Waals surface area contributed by atoms with E-state index >= 15 is 0 Å². The Morgan fingerprint density at radius 3 is 2.63 bits per heavy atom. The number of aromatic amines is 1. The molecule has 1 aromatic carbocycles. The number of H-pyrrole nitrogens is 1. The van der Waals surface area contributed by atoms with Gasteiger partial charge in [-0.3, -0.25) is 5.10 Å². The molecule has 0 unspecified atom stereocenters. The van der Waals surface area contributed by atoms with Gasteiger partial charge in [0.2, 0.25) is 0 Å². The largest absolute Gasteiger partial charge is 0.332 e. The Morgan fingerprint density at radius 2 is 2.00 bits per heavy atom. The fraction of sp³-hybridized carbons (Fsp3) is 0.286. The Labute approximate surface area is 118 Å². The average Bonchev–Trinajstić information content (AvgIpc) is 2.71. The first kappa shape index (κ1) is 13.5. The fourth-order valence-corrected chi connectivity index (χ4v) is 2.16. The molecule has 0 atom stereocenters.